The summed E-state index contributed by atoms with van der Waals surface area (Å²) in [6, 6.07) is 0. The average molecular weight is 124 g/mol. The molecule has 2 aliphatic rings. The summed E-state index contributed by atoms with van der Waals surface area (Å²) in [5.41, 5.74) is 0. The van der Waals surface area contributed by atoms with Crippen molar-refractivity contribution < 1.29 is 0 Å². The Morgan fingerprint density at radius 3 is 2.56 bits per heavy atom. The summed E-state index contributed by atoms with van der Waals surface area (Å²) in [4.78, 5) is 0. The molecule has 0 radical (unpaired) electrons. The molecule has 2 aliphatic carbocycles. The summed E-state index contributed by atoms with van der Waals surface area (Å²) in [6.07, 6.45) is 4.60. The van der Waals surface area contributed by atoms with Crippen molar-refractivity contribution in [3.63, 3.8) is 0 Å². The Morgan fingerprint density at radius 1 is 1.11 bits per heavy atom. The van der Waals surface area contributed by atoms with E-state index in [4.69, 9.17) is 0 Å². The maximum absolute atomic E-state index is 2.44. The SMILES string of the molecule is CC1CC[C@@H]2CC2[C@H]1C. The largest absolute Gasteiger partial charge is 0.0622 e. The van der Waals surface area contributed by atoms with Gasteiger partial charge in [0.15, 0.2) is 0 Å². The number of hydrogen-bond acceptors (Lipinski definition) is 0. The molecule has 0 amide bonds. The summed E-state index contributed by atoms with van der Waals surface area (Å²) >= 11 is 0. The zero-order chi connectivity index (χ0) is 6.43. The Labute approximate surface area is 57.6 Å². The fourth-order valence-corrected chi connectivity index (χ4v) is 2.41. The van der Waals surface area contributed by atoms with E-state index in [0.717, 1.165) is 23.7 Å². The van der Waals surface area contributed by atoms with Crippen molar-refractivity contribution in [3.8, 4) is 0 Å². The number of fused-ring (bicyclic) bond motifs is 1. The molecule has 0 aliphatic heterocycles. The first-order valence-electron chi connectivity index (χ1n) is 4.29. The highest BCUT2D eigenvalue weighted by atomic mass is 14.5. The fraction of sp³-hybridized carbons (Fsp3) is 1.00. The molecule has 2 saturated carbocycles. The van der Waals surface area contributed by atoms with E-state index in [2.05, 4.69) is 13.8 Å². The zero-order valence-electron chi connectivity index (χ0n) is 6.43. The van der Waals surface area contributed by atoms with E-state index < -0.39 is 0 Å². The van der Waals surface area contributed by atoms with E-state index >= 15 is 0 Å². The Balaban J connectivity index is 2.02. The lowest BCUT2D eigenvalue weighted by atomic mass is 9.82. The van der Waals surface area contributed by atoms with Crippen LogP contribution in [0, 0.1) is 23.7 Å². The highest BCUT2D eigenvalue weighted by Crippen LogP contribution is 2.54. The molecule has 0 spiro atoms. The molecule has 0 N–H and O–H groups in total. The summed E-state index contributed by atoms with van der Waals surface area (Å²) in [5, 5.41) is 0. The van der Waals surface area contributed by atoms with Crippen LogP contribution in [-0.4, -0.2) is 0 Å². The van der Waals surface area contributed by atoms with Crippen LogP contribution in [-0.2, 0) is 0 Å². The van der Waals surface area contributed by atoms with E-state index in [1.807, 2.05) is 0 Å². The van der Waals surface area contributed by atoms with Crippen LogP contribution in [0.5, 0.6) is 0 Å². The molecule has 2 unspecified atom stereocenters. The molecule has 4 atom stereocenters. The van der Waals surface area contributed by atoms with Crippen LogP contribution in [0.3, 0.4) is 0 Å². The van der Waals surface area contributed by atoms with Crippen LogP contribution in [0.4, 0.5) is 0 Å². The first-order chi connectivity index (χ1) is 4.29. The van der Waals surface area contributed by atoms with Gasteiger partial charge in [0.2, 0.25) is 0 Å². The zero-order valence-corrected chi connectivity index (χ0v) is 6.43. The van der Waals surface area contributed by atoms with Crippen LogP contribution in [0.25, 0.3) is 0 Å². The minimum absolute atomic E-state index is 1.02. The van der Waals surface area contributed by atoms with Crippen LogP contribution in [0.1, 0.15) is 33.1 Å². The average Bonchev–Trinajstić information content (AvgIpc) is 2.58. The smallest absolute Gasteiger partial charge is 0.0355 e. The van der Waals surface area contributed by atoms with Crippen LogP contribution in [0.15, 0.2) is 0 Å². The van der Waals surface area contributed by atoms with Gasteiger partial charge in [0, 0.05) is 0 Å². The molecule has 0 nitrogen and oxygen atoms in total. The van der Waals surface area contributed by atoms with Crippen LogP contribution in [0.2, 0.25) is 0 Å². The highest BCUT2D eigenvalue weighted by Gasteiger charge is 2.45. The quantitative estimate of drug-likeness (QED) is 0.465. The van der Waals surface area contributed by atoms with E-state index in [9.17, 15) is 0 Å². The molecule has 0 aromatic heterocycles. The second-order valence-electron chi connectivity index (χ2n) is 4.07. The van der Waals surface area contributed by atoms with Crippen molar-refractivity contribution in [2.24, 2.45) is 23.7 Å². The Hall–Kier alpha value is 0. The second-order valence-corrected chi connectivity index (χ2v) is 4.07. The third-order valence-corrected chi connectivity index (χ3v) is 3.54. The molecule has 0 heterocycles. The third-order valence-electron chi connectivity index (χ3n) is 3.54. The third kappa shape index (κ3) is 0.798. The summed E-state index contributed by atoms with van der Waals surface area (Å²) in [5.74, 6) is 4.38. The van der Waals surface area contributed by atoms with Gasteiger partial charge in [-0.25, -0.2) is 0 Å². The molecule has 0 aromatic rings. The van der Waals surface area contributed by atoms with Crippen molar-refractivity contribution in [2.75, 3.05) is 0 Å². The Morgan fingerprint density at radius 2 is 1.89 bits per heavy atom. The minimum Gasteiger partial charge on any atom is -0.0622 e. The molecule has 0 aromatic carbocycles. The minimum atomic E-state index is 1.02. The molecule has 2 fully saturated rings. The summed E-state index contributed by atoms with van der Waals surface area (Å²) in [6.45, 7) is 4.85. The van der Waals surface area contributed by atoms with Gasteiger partial charge in [-0.3, -0.25) is 0 Å². The standard InChI is InChI=1S/C9H16/c1-6-3-4-8-5-9(8)7(6)2/h6-9H,3-5H2,1-2H3/t6?,7-,8+,9?/m0/s1. The molecule has 0 bridgehead atoms. The monoisotopic (exact) mass is 124 g/mol. The summed E-state index contributed by atoms with van der Waals surface area (Å²) in [7, 11) is 0. The van der Waals surface area contributed by atoms with Gasteiger partial charge in [-0.05, 0) is 36.5 Å². The maximum Gasteiger partial charge on any atom is -0.0355 e. The van der Waals surface area contributed by atoms with Crippen molar-refractivity contribution in [1.29, 1.82) is 0 Å². The van der Waals surface area contributed by atoms with E-state index in [-0.39, 0.29) is 0 Å². The van der Waals surface area contributed by atoms with Crippen molar-refractivity contribution >= 4 is 0 Å². The second kappa shape index (κ2) is 1.74. The number of rotatable bonds is 0. The van der Waals surface area contributed by atoms with Gasteiger partial charge >= 0.3 is 0 Å². The molecule has 0 heteroatoms. The topological polar surface area (TPSA) is 0 Å². The predicted molar refractivity (Wildman–Crippen MR) is 39.2 cm³/mol. The maximum atomic E-state index is 2.44. The van der Waals surface area contributed by atoms with E-state index in [1.165, 1.54) is 12.8 Å². The Kier molecular flexibility index (Phi) is 1.12. The van der Waals surface area contributed by atoms with Crippen molar-refractivity contribution in [2.45, 2.75) is 33.1 Å². The molecule has 9 heavy (non-hydrogen) atoms. The normalized spacial score (nSPS) is 56.7. The number of hydrogen-bond donors (Lipinski definition) is 0. The lowest BCUT2D eigenvalue weighted by Crippen LogP contribution is -2.15. The first-order valence-corrected chi connectivity index (χ1v) is 4.29. The highest BCUT2D eigenvalue weighted by molar-refractivity contribution is 4.95. The van der Waals surface area contributed by atoms with Crippen molar-refractivity contribution in [3.05, 3.63) is 0 Å². The van der Waals surface area contributed by atoms with Gasteiger partial charge in [-0.2, -0.15) is 0 Å². The predicted octanol–water partition coefficient (Wildman–Crippen LogP) is 2.69. The fourth-order valence-electron chi connectivity index (χ4n) is 2.41. The van der Waals surface area contributed by atoms with Crippen LogP contribution < -0.4 is 0 Å². The van der Waals surface area contributed by atoms with Gasteiger partial charge in [-0.1, -0.05) is 20.3 Å². The first kappa shape index (κ1) is 5.76. The summed E-state index contributed by atoms with van der Waals surface area (Å²) < 4.78 is 0. The molecule has 52 valence electrons. The van der Waals surface area contributed by atoms with Crippen molar-refractivity contribution in [1.82, 2.24) is 0 Å². The molecule has 0 saturated heterocycles. The van der Waals surface area contributed by atoms with Gasteiger partial charge in [0.25, 0.3) is 0 Å². The van der Waals surface area contributed by atoms with E-state index in [1.54, 1.807) is 6.42 Å². The van der Waals surface area contributed by atoms with Gasteiger partial charge in [0.05, 0.1) is 0 Å². The van der Waals surface area contributed by atoms with Gasteiger partial charge < -0.3 is 0 Å². The van der Waals surface area contributed by atoms with Gasteiger partial charge in [-0.15, -0.1) is 0 Å². The van der Waals surface area contributed by atoms with E-state index in [0.29, 0.717) is 0 Å². The molecular weight excluding hydrogens is 108 g/mol. The molecular formula is C9H16. The lowest BCUT2D eigenvalue weighted by molar-refractivity contribution is 0.259. The molecule has 2 rings (SSSR count). The lowest BCUT2D eigenvalue weighted by Gasteiger charge is -2.24. The van der Waals surface area contributed by atoms with Crippen LogP contribution >= 0.6 is 0 Å². The Bertz CT molecular complexity index is 115. The van der Waals surface area contributed by atoms with Gasteiger partial charge in [0.1, 0.15) is 0 Å².